The zero-order chi connectivity index (χ0) is 14.7. The van der Waals surface area contributed by atoms with Crippen LogP contribution in [0.5, 0.6) is 0 Å². The predicted molar refractivity (Wildman–Crippen MR) is 84.7 cm³/mol. The summed E-state index contributed by atoms with van der Waals surface area (Å²) in [7, 11) is 0. The zero-order valence-electron chi connectivity index (χ0n) is 12.3. The third-order valence-electron chi connectivity index (χ3n) is 4.20. The summed E-state index contributed by atoms with van der Waals surface area (Å²) < 4.78 is 1.96. The molecule has 0 fully saturated rings. The van der Waals surface area contributed by atoms with Crippen molar-refractivity contribution in [2.75, 3.05) is 6.54 Å². The Hall–Kier alpha value is -1.62. The quantitative estimate of drug-likeness (QED) is 0.923. The summed E-state index contributed by atoms with van der Waals surface area (Å²) in [5.41, 5.74) is 1.40. The second-order valence-electron chi connectivity index (χ2n) is 5.63. The number of nitrogens with one attached hydrogen (secondary N) is 1. The van der Waals surface area contributed by atoms with E-state index in [9.17, 15) is 4.79 Å². The highest BCUT2D eigenvalue weighted by atomic mass is 32.1. The Morgan fingerprint density at radius 1 is 1.57 bits per heavy atom. The minimum absolute atomic E-state index is 0.0579. The van der Waals surface area contributed by atoms with Gasteiger partial charge >= 0.3 is 0 Å². The molecule has 0 unspecified atom stereocenters. The molecule has 1 amide bonds. The normalized spacial score (nSPS) is 17.5. The Morgan fingerprint density at radius 3 is 3.24 bits per heavy atom. The number of nitrogens with zero attached hydrogens (tertiary/aromatic N) is 2. The van der Waals surface area contributed by atoms with E-state index in [4.69, 9.17) is 0 Å². The van der Waals surface area contributed by atoms with Gasteiger partial charge in [-0.05, 0) is 36.8 Å². The molecule has 2 aromatic heterocycles. The lowest BCUT2D eigenvalue weighted by molar-refractivity contribution is 0.0956. The van der Waals surface area contributed by atoms with Crippen LogP contribution in [0, 0.1) is 5.92 Å². The third-order valence-corrected chi connectivity index (χ3v) is 5.44. The van der Waals surface area contributed by atoms with Crippen LogP contribution in [0.4, 0.5) is 0 Å². The van der Waals surface area contributed by atoms with Gasteiger partial charge in [0.15, 0.2) is 0 Å². The monoisotopic (exact) mass is 303 g/mol. The summed E-state index contributed by atoms with van der Waals surface area (Å²) in [4.78, 5) is 18.5. The maximum atomic E-state index is 12.2. The molecule has 2 aromatic rings. The van der Waals surface area contributed by atoms with Gasteiger partial charge < -0.3 is 9.88 Å². The van der Waals surface area contributed by atoms with E-state index in [1.165, 1.54) is 23.3 Å². The smallest absolute Gasteiger partial charge is 0.261 e. The van der Waals surface area contributed by atoms with Crippen LogP contribution in [-0.4, -0.2) is 22.0 Å². The number of aromatic nitrogens is 2. The van der Waals surface area contributed by atoms with Gasteiger partial charge in [0.05, 0.1) is 11.2 Å². The highest BCUT2D eigenvalue weighted by Crippen LogP contribution is 2.33. The van der Waals surface area contributed by atoms with Gasteiger partial charge in [0.2, 0.25) is 0 Å². The van der Waals surface area contributed by atoms with Crippen LogP contribution in [0.2, 0.25) is 0 Å². The molecule has 0 saturated carbocycles. The van der Waals surface area contributed by atoms with Crippen molar-refractivity contribution in [3.8, 4) is 0 Å². The standard InChI is InChI=1S/C16H21N3OS/c1-2-12-3-4-14-13(9-12)10-15(21-14)16(20)18-6-8-19-7-5-17-11-19/h5,7,10-12H,2-4,6,8-9H2,1H3,(H,18,20)/t12-/m0/s1. The van der Waals surface area contributed by atoms with Gasteiger partial charge in [0.1, 0.15) is 0 Å². The molecule has 0 saturated heterocycles. The van der Waals surface area contributed by atoms with Gasteiger partial charge in [0.25, 0.3) is 5.91 Å². The largest absolute Gasteiger partial charge is 0.350 e. The Balaban J connectivity index is 1.57. The van der Waals surface area contributed by atoms with Gasteiger partial charge in [-0.1, -0.05) is 13.3 Å². The minimum Gasteiger partial charge on any atom is -0.350 e. The van der Waals surface area contributed by atoms with E-state index < -0.39 is 0 Å². The molecule has 5 heteroatoms. The lowest BCUT2D eigenvalue weighted by atomic mass is 9.87. The lowest BCUT2D eigenvalue weighted by Gasteiger charge is -2.19. The van der Waals surface area contributed by atoms with Crippen molar-refractivity contribution in [3.63, 3.8) is 0 Å². The minimum atomic E-state index is 0.0579. The average molecular weight is 303 g/mol. The van der Waals surface area contributed by atoms with Gasteiger partial charge in [-0.2, -0.15) is 0 Å². The molecule has 1 aliphatic carbocycles. The second kappa shape index (κ2) is 6.43. The first kappa shape index (κ1) is 14.3. The molecule has 112 valence electrons. The first-order valence-corrected chi connectivity index (χ1v) is 8.43. The summed E-state index contributed by atoms with van der Waals surface area (Å²) in [6.07, 6.45) is 10.2. The molecule has 3 rings (SSSR count). The Bertz CT molecular complexity index is 603. The maximum Gasteiger partial charge on any atom is 0.261 e. The molecule has 0 aromatic carbocycles. The number of hydrogen-bond acceptors (Lipinski definition) is 3. The summed E-state index contributed by atoms with van der Waals surface area (Å²) in [6, 6.07) is 2.11. The van der Waals surface area contributed by atoms with Crippen molar-refractivity contribution in [1.29, 1.82) is 0 Å². The Labute approximate surface area is 129 Å². The van der Waals surface area contributed by atoms with E-state index in [1.807, 2.05) is 10.8 Å². The molecule has 1 aliphatic rings. The van der Waals surface area contributed by atoms with Gasteiger partial charge in [-0.15, -0.1) is 11.3 Å². The van der Waals surface area contributed by atoms with Crippen LogP contribution in [0.25, 0.3) is 0 Å². The fourth-order valence-electron chi connectivity index (χ4n) is 2.86. The van der Waals surface area contributed by atoms with E-state index in [1.54, 1.807) is 23.9 Å². The van der Waals surface area contributed by atoms with Crippen LogP contribution in [-0.2, 0) is 19.4 Å². The Morgan fingerprint density at radius 2 is 2.48 bits per heavy atom. The summed E-state index contributed by atoms with van der Waals surface area (Å²) >= 11 is 1.67. The van der Waals surface area contributed by atoms with E-state index in [0.29, 0.717) is 6.54 Å². The first-order valence-electron chi connectivity index (χ1n) is 7.61. The van der Waals surface area contributed by atoms with Crippen molar-refractivity contribution in [3.05, 3.63) is 40.1 Å². The number of amides is 1. The molecule has 0 bridgehead atoms. The summed E-state index contributed by atoms with van der Waals surface area (Å²) in [5, 5.41) is 2.99. The predicted octanol–water partition coefficient (Wildman–Crippen LogP) is 2.89. The number of aryl methyl sites for hydroxylation is 1. The number of fused-ring (bicyclic) bond motifs is 1. The second-order valence-corrected chi connectivity index (χ2v) is 6.77. The number of rotatable bonds is 5. The SMILES string of the molecule is CC[C@H]1CCc2sc(C(=O)NCCn3ccnc3)cc2C1. The molecule has 21 heavy (non-hydrogen) atoms. The number of imidazole rings is 1. The van der Waals surface area contributed by atoms with Crippen molar-refractivity contribution in [2.45, 2.75) is 39.2 Å². The summed E-state index contributed by atoms with van der Waals surface area (Å²) in [5.74, 6) is 0.854. The number of hydrogen-bond donors (Lipinski definition) is 1. The zero-order valence-corrected chi connectivity index (χ0v) is 13.2. The van der Waals surface area contributed by atoms with Crippen LogP contribution >= 0.6 is 11.3 Å². The molecule has 0 spiro atoms. The van der Waals surface area contributed by atoms with Gasteiger partial charge in [0, 0.05) is 30.4 Å². The fraction of sp³-hybridized carbons (Fsp3) is 0.500. The van der Waals surface area contributed by atoms with Crippen molar-refractivity contribution in [1.82, 2.24) is 14.9 Å². The molecule has 1 atom stereocenters. The number of carbonyl (C=O) groups excluding carboxylic acids is 1. The van der Waals surface area contributed by atoms with Crippen LogP contribution in [0.1, 0.15) is 39.9 Å². The van der Waals surface area contributed by atoms with E-state index in [2.05, 4.69) is 23.3 Å². The lowest BCUT2D eigenvalue weighted by Crippen LogP contribution is -2.26. The van der Waals surface area contributed by atoms with Crippen molar-refractivity contribution < 1.29 is 4.79 Å². The molecule has 0 aliphatic heterocycles. The maximum absolute atomic E-state index is 12.2. The topological polar surface area (TPSA) is 46.9 Å². The van der Waals surface area contributed by atoms with Crippen LogP contribution < -0.4 is 5.32 Å². The number of carbonyl (C=O) groups is 1. The molecule has 1 N–H and O–H groups in total. The Kier molecular flexibility index (Phi) is 4.39. The summed E-state index contributed by atoms with van der Waals surface area (Å²) in [6.45, 7) is 3.65. The number of thiophene rings is 1. The third kappa shape index (κ3) is 3.35. The molecule has 2 heterocycles. The molecular formula is C16H21N3OS. The highest BCUT2D eigenvalue weighted by Gasteiger charge is 2.21. The van der Waals surface area contributed by atoms with E-state index >= 15 is 0 Å². The average Bonchev–Trinajstić information content (AvgIpc) is 3.15. The van der Waals surface area contributed by atoms with E-state index in [0.717, 1.165) is 30.2 Å². The molecule has 4 nitrogen and oxygen atoms in total. The van der Waals surface area contributed by atoms with Crippen LogP contribution in [0.15, 0.2) is 24.8 Å². The van der Waals surface area contributed by atoms with Gasteiger partial charge in [-0.3, -0.25) is 4.79 Å². The highest BCUT2D eigenvalue weighted by molar-refractivity contribution is 7.14. The molecular weight excluding hydrogens is 282 g/mol. The first-order chi connectivity index (χ1) is 10.3. The van der Waals surface area contributed by atoms with E-state index in [-0.39, 0.29) is 5.91 Å². The molecule has 0 radical (unpaired) electrons. The van der Waals surface area contributed by atoms with Crippen LogP contribution in [0.3, 0.4) is 0 Å². The van der Waals surface area contributed by atoms with Crippen molar-refractivity contribution in [2.24, 2.45) is 5.92 Å². The van der Waals surface area contributed by atoms with Crippen molar-refractivity contribution >= 4 is 17.2 Å². The van der Waals surface area contributed by atoms with Gasteiger partial charge in [-0.25, -0.2) is 4.98 Å². The fourth-order valence-corrected chi connectivity index (χ4v) is 3.99.